The molecule has 2 heterocycles. The summed E-state index contributed by atoms with van der Waals surface area (Å²) in [4.78, 5) is 16.6. The Hall–Kier alpha value is -3.48. The lowest BCUT2D eigenvalue weighted by atomic mass is 9.78. The molecule has 0 aliphatic heterocycles. The van der Waals surface area contributed by atoms with Crippen LogP contribution in [0.4, 0.5) is 4.39 Å². The lowest BCUT2D eigenvalue weighted by Crippen LogP contribution is -2.36. The van der Waals surface area contributed by atoms with E-state index in [0.717, 1.165) is 44.2 Å². The van der Waals surface area contributed by atoms with Crippen molar-refractivity contribution in [2.75, 3.05) is 0 Å². The number of rotatable bonds is 7. The summed E-state index contributed by atoms with van der Waals surface area (Å²) in [5.41, 5.74) is 6.78. The van der Waals surface area contributed by atoms with Gasteiger partial charge in [-0.1, -0.05) is 31.4 Å². The van der Waals surface area contributed by atoms with Gasteiger partial charge in [0.1, 0.15) is 5.82 Å². The fourth-order valence-corrected chi connectivity index (χ4v) is 5.86. The van der Waals surface area contributed by atoms with Gasteiger partial charge in [-0.25, -0.2) is 14.1 Å². The maximum Gasteiger partial charge on any atom is 0.253 e. The van der Waals surface area contributed by atoms with Crippen LogP contribution in [0.2, 0.25) is 0 Å². The fourth-order valence-electron chi connectivity index (χ4n) is 5.86. The van der Waals surface area contributed by atoms with Crippen LogP contribution in [-0.2, 0) is 6.42 Å². The van der Waals surface area contributed by atoms with Crippen LogP contribution in [0.15, 0.2) is 59.9 Å². The largest absolute Gasteiger partial charge is 0.493 e. The second-order valence-electron chi connectivity index (χ2n) is 9.73. The Bertz CT molecular complexity index is 1250. The molecule has 5 rings (SSSR count). The highest BCUT2D eigenvalue weighted by Gasteiger charge is 2.37. The van der Waals surface area contributed by atoms with Gasteiger partial charge in [0.2, 0.25) is 5.88 Å². The molecule has 2 N–H and O–H groups in total. The van der Waals surface area contributed by atoms with E-state index in [0.29, 0.717) is 11.5 Å². The molecule has 1 amide bonds. The van der Waals surface area contributed by atoms with Crippen molar-refractivity contribution < 1.29 is 14.3 Å². The van der Waals surface area contributed by atoms with Gasteiger partial charge in [-0.3, -0.25) is 4.79 Å². The third kappa shape index (κ3) is 4.59. The molecule has 6 nitrogen and oxygen atoms in total. The van der Waals surface area contributed by atoms with Crippen molar-refractivity contribution >= 4 is 5.91 Å². The average Bonchev–Trinajstić information content (AvgIpc) is 3.45. The van der Waals surface area contributed by atoms with E-state index in [9.17, 15) is 14.3 Å². The maximum absolute atomic E-state index is 13.4. The minimum absolute atomic E-state index is 0.0775. The zero-order valence-electron chi connectivity index (χ0n) is 20.2. The van der Waals surface area contributed by atoms with Crippen LogP contribution in [0.1, 0.15) is 73.5 Å². The summed E-state index contributed by atoms with van der Waals surface area (Å²) in [5, 5.41) is 17.3. The number of nitrogens with one attached hydrogen (secondary N) is 1. The fraction of sp³-hybridized carbons (Fsp3) is 0.393. The zero-order chi connectivity index (χ0) is 24.5. The second kappa shape index (κ2) is 9.64. The summed E-state index contributed by atoms with van der Waals surface area (Å²) < 4.78 is 15.4. The van der Waals surface area contributed by atoms with Gasteiger partial charge in [-0.2, -0.15) is 5.10 Å². The molecule has 1 unspecified atom stereocenters. The number of aromatic nitrogens is 3. The minimum Gasteiger partial charge on any atom is -0.493 e. The number of carbonyl (C=O) groups excluding carboxylic acids is 1. The first-order valence-corrected chi connectivity index (χ1v) is 12.4. The summed E-state index contributed by atoms with van der Waals surface area (Å²) in [5.74, 6) is 0.210. The van der Waals surface area contributed by atoms with E-state index < -0.39 is 0 Å². The molecule has 0 spiro atoms. The van der Waals surface area contributed by atoms with E-state index in [4.69, 9.17) is 0 Å². The van der Waals surface area contributed by atoms with Gasteiger partial charge in [0.25, 0.3) is 5.91 Å². The van der Waals surface area contributed by atoms with Crippen molar-refractivity contribution in [1.29, 1.82) is 0 Å². The molecule has 182 valence electrons. The van der Waals surface area contributed by atoms with Crippen LogP contribution in [-0.4, -0.2) is 31.8 Å². The summed E-state index contributed by atoms with van der Waals surface area (Å²) >= 11 is 0. The molecule has 2 aliphatic carbocycles. The van der Waals surface area contributed by atoms with Crippen LogP contribution < -0.4 is 5.32 Å². The maximum atomic E-state index is 13.4. The number of amides is 1. The molecule has 3 atom stereocenters. The standard InChI is InChI=1S/C28H31FN4O2/c1-3-4-22(32-28(35)20-7-12-26(34)30-15-20)13-18-5-6-19-14-25-24(17(2)27(18)19)16-31-33(25)23-10-8-21(29)9-11-23/h7-12,15-18,22H,3-6,13-14H2,1-2H3,(H,30,34)(H,32,35)/t17-,18+,22?/m0/s1. The van der Waals surface area contributed by atoms with Crippen LogP contribution in [0.3, 0.4) is 0 Å². The molecule has 3 aromatic rings. The molecule has 35 heavy (non-hydrogen) atoms. The molecule has 0 saturated heterocycles. The van der Waals surface area contributed by atoms with E-state index in [2.05, 4.69) is 29.2 Å². The number of fused-ring (bicyclic) bond motifs is 1. The first-order chi connectivity index (χ1) is 16.9. The van der Waals surface area contributed by atoms with Gasteiger partial charge in [0.05, 0.1) is 23.1 Å². The smallest absolute Gasteiger partial charge is 0.253 e. The van der Waals surface area contributed by atoms with Crippen molar-refractivity contribution in [2.45, 2.75) is 64.3 Å². The Morgan fingerprint density at radius 3 is 2.74 bits per heavy atom. The normalized spacial score (nSPS) is 19.9. The Labute approximate surface area is 204 Å². The number of pyridine rings is 1. The van der Waals surface area contributed by atoms with Gasteiger partial charge < -0.3 is 10.4 Å². The molecular formula is C28H31FN4O2. The monoisotopic (exact) mass is 474 g/mol. The highest BCUT2D eigenvalue weighted by molar-refractivity contribution is 5.94. The third-order valence-corrected chi connectivity index (χ3v) is 7.48. The quantitative estimate of drug-likeness (QED) is 0.445. The van der Waals surface area contributed by atoms with Gasteiger partial charge in [-0.15, -0.1) is 0 Å². The Morgan fingerprint density at radius 2 is 2.03 bits per heavy atom. The van der Waals surface area contributed by atoms with Gasteiger partial charge in [0, 0.05) is 36.2 Å². The number of hydrogen-bond acceptors (Lipinski definition) is 4. The van der Waals surface area contributed by atoms with Gasteiger partial charge in [0.15, 0.2) is 0 Å². The first-order valence-electron chi connectivity index (χ1n) is 12.4. The summed E-state index contributed by atoms with van der Waals surface area (Å²) in [6.45, 7) is 4.40. The zero-order valence-corrected chi connectivity index (χ0v) is 20.2. The van der Waals surface area contributed by atoms with Crippen molar-refractivity contribution in [3.8, 4) is 11.6 Å². The number of carbonyl (C=O) groups is 1. The second-order valence-corrected chi connectivity index (χ2v) is 9.73. The highest BCUT2D eigenvalue weighted by Crippen LogP contribution is 2.48. The predicted molar refractivity (Wildman–Crippen MR) is 132 cm³/mol. The van der Waals surface area contributed by atoms with E-state index in [1.807, 2.05) is 10.9 Å². The molecule has 0 radical (unpaired) electrons. The van der Waals surface area contributed by atoms with Gasteiger partial charge in [-0.05, 0) is 61.9 Å². The molecule has 0 saturated carbocycles. The molecule has 1 aromatic carbocycles. The van der Waals surface area contributed by atoms with Gasteiger partial charge >= 0.3 is 0 Å². The summed E-state index contributed by atoms with van der Waals surface area (Å²) in [6.07, 6.45) is 9.22. The van der Waals surface area contributed by atoms with Crippen molar-refractivity contribution in [3.63, 3.8) is 0 Å². The number of aromatic hydroxyl groups is 1. The summed E-state index contributed by atoms with van der Waals surface area (Å²) in [7, 11) is 0. The lowest BCUT2D eigenvalue weighted by Gasteiger charge is -2.29. The number of nitrogens with zero attached hydrogens (tertiary/aromatic N) is 3. The number of halogens is 1. The van der Waals surface area contributed by atoms with Crippen LogP contribution >= 0.6 is 0 Å². The number of benzene rings is 1. The Balaban J connectivity index is 1.33. The topological polar surface area (TPSA) is 80.0 Å². The lowest BCUT2D eigenvalue weighted by molar-refractivity contribution is 0.0929. The molecule has 2 aromatic heterocycles. The minimum atomic E-state index is -0.248. The van der Waals surface area contributed by atoms with Crippen molar-refractivity contribution in [1.82, 2.24) is 20.1 Å². The SMILES string of the molecule is CCCC(C[C@H]1CCC2=C1[C@@H](C)c1cnn(-c3ccc(F)cc3)c1C2)NC(=O)c1ccc(O)nc1. The van der Waals surface area contributed by atoms with E-state index >= 15 is 0 Å². The van der Waals surface area contributed by atoms with Crippen LogP contribution in [0.25, 0.3) is 5.69 Å². The number of hydrogen-bond donors (Lipinski definition) is 2. The van der Waals surface area contributed by atoms with E-state index in [-0.39, 0.29) is 29.6 Å². The van der Waals surface area contributed by atoms with Crippen LogP contribution in [0, 0.1) is 11.7 Å². The first kappa shape index (κ1) is 23.3. The Kier molecular flexibility index (Phi) is 6.41. The highest BCUT2D eigenvalue weighted by atomic mass is 19.1. The Morgan fingerprint density at radius 1 is 1.23 bits per heavy atom. The van der Waals surface area contributed by atoms with E-state index in [1.165, 1.54) is 46.8 Å². The molecule has 2 aliphatic rings. The number of allylic oxidation sites excluding steroid dienone is 2. The van der Waals surface area contributed by atoms with Crippen molar-refractivity contribution in [3.05, 3.63) is 82.6 Å². The molecule has 7 heteroatoms. The predicted octanol–water partition coefficient (Wildman–Crippen LogP) is 5.47. The van der Waals surface area contributed by atoms with Crippen molar-refractivity contribution in [2.24, 2.45) is 5.92 Å². The third-order valence-electron chi connectivity index (χ3n) is 7.48. The summed E-state index contributed by atoms with van der Waals surface area (Å²) in [6, 6.07) is 9.61. The molecule has 0 fully saturated rings. The average molecular weight is 475 g/mol. The molecular weight excluding hydrogens is 443 g/mol. The van der Waals surface area contributed by atoms with Crippen LogP contribution in [0.5, 0.6) is 5.88 Å². The van der Waals surface area contributed by atoms with E-state index in [1.54, 1.807) is 18.2 Å². The molecule has 0 bridgehead atoms.